The normalized spacial score (nSPS) is 12.6. The van der Waals surface area contributed by atoms with Gasteiger partial charge >= 0.3 is 0 Å². The van der Waals surface area contributed by atoms with E-state index in [2.05, 4.69) is 27.4 Å². The van der Waals surface area contributed by atoms with Crippen LogP contribution in [0.25, 0.3) is 0 Å². The van der Waals surface area contributed by atoms with Crippen LogP contribution in [0.4, 0.5) is 0 Å². The highest BCUT2D eigenvalue weighted by molar-refractivity contribution is 5.10. The summed E-state index contributed by atoms with van der Waals surface area (Å²) in [5, 5.41) is 11.4. The van der Waals surface area contributed by atoms with Crippen molar-refractivity contribution in [2.75, 3.05) is 6.54 Å². The number of hydrogen-bond acceptors (Lipinski definition) is 4. The van der Waals surface area contributed by atoms with Crippen LogP contribution in [0.3, 0.4) is 0 Å². The minimum atomic E-state index is 0.212. The van der Waals surface area contributed by atoms with Crippen molar-refractivity contribution in [2.45, 2.75) is 19.4 Å². The SMILES string of the molecule is CC(NCCc1ccncc1)c1nncn1C. The molecule has 0 aliphatic rings. The lowest BCUT2D eigenvalue weighted by Gasteiger charge is -2.12. The summed E-state index contributed by atoms with van der Waals surface area (Å²) in [5.41, 5.74) is 1.29. The molecule has 17 heavy (non-hydrogen) atoms. The first-order valence-corrected chi connectivity index (χ1v) is 5.73. The molecule has 0 spiro atoms. The van der Waals surface area contributed by atoms with Gasteiger partial charge in [-0.15, -0.1) is 10.2 Å². The van der Waals surface area contributed by atoms with Gasteiger partial charge in [0.15, 0.2) is 0 Å². The van der Waals surface area contributed by atoms with Crippen molar-refractivity contribution in [3.05, 3.63) is 42.2 Å². The van der Waals surface area contributed by atoms with E-state index in [9.17, 15) is 0 Å². The van der Waals surface area contributed by atoms with Gasteiger partial charge in [0.25, 0.3) is 0 Å². The molecule has 0 saturated carbocycles. The standard InChI is InChI=1S/C12H17N5/c1-10(12-16-15-9-17(12)2)14-8-5-11-3-6-13-7-4-11/h3-4,6-7,9-10,14H,5,8H2,1-2H3. The lowest BCUT2D eigenvalue weighted by Crippen LogP contribution is -2.23. The van der Waals surface area contributed by atoms with Crippen molar-refractivity contribution >= 4 is 0 Å². The number of pyridine rings is 1. The molecule has 5 nitrogen and oxygen atoms in total. The van der Waals surface area contributed by atoms with Gasteiger partial charge in [-0.2, -0.15) is 0 Å². The van der Waals surface area contributed by atoms with E-state index in [0.29, 0.717) is 0 Å². The molecule has 90 valence electrons. The van der Waals surface area contributed by atoms with E-state index in [1.54, 1.807) is 6.33 Å². The number of aryl methyl sites for hydroxylation is 1. The first-order valence-electron chi connectivity index (χ1n) is 5.73. The van der Waals surface area contributed by atoms with Crippen LogP contribution >= 0.6 is 0 Å². The van der Waals surface area contributed by atoms with E-state index >= 15 is 0 Å². The molecule has 0 bridgehead atoms. The fourth-order valence-corrected chi connectivity index (χ4v) is 1.76. The third kappa shape index (κ3) is 3.10. The average Bonchev–Trinajstić information content (AvgIpc) is 2.77. The Morgan fingerprint density at radius 2 is 2.12 bits per heavy atom. The number of nitrogens with zero attached hydrogens (tertiary/aromatic N) is 4. The predicted octanol–water partition coefficient (Wildman–Crippen LogP) is 1.10. The summed E-state index contributed by atoms with van der Waals surface area (Å²) < 4.78 is 1.93. The highest BCUT2D eigenvalue weighted by Crippen LogP contribution is 2.07. The molecular weight excluding hydrogens is 214 g/mol. The largest absolute Gasteiger partial charge is 0.319 e. The molecule has 2 aromatic rings. The Bertz CT molecular complexity index is 451. The van der Waals surface area contributed by atoms with Crippen molar-refractivity contribution in [2.24, 2.45) is 7.05 Å². The molecule has 1 unspecified atom stereocenters. The minimum absolute atomic E-state index is 0.212. The maximum absolute atomic E-state index is 4.08. The Labute approximate surface area is 101 Å². The summed E-state index contributed by atoms with van der Waals surface area (Å²) in [5.74, 6) is 0.958. The van der Waals surface area contributed by atoms with E-state index in [-0.39, 0.29) is 6.04 Å². The maximum Gasteiger partial charge on any atom is 0.149 e. The summed E-state index contributed by atoms with van der Waals surface area (Å²) >= 11 is 0. The van der Waals surface area contributed by atoms with Crippen LogP contribution in [0.1, 0.15) is 24.4 Å². The average molecular weight is 231 g/mol. The monoisotopic (exact) mass is 231 g/mol. The van der Waals surface area contributed by atoms with Gasteiger partial charge in [0, 0.05) is 19.4 Å². The summed E-state index contributed by atoms with van der Waals surface area (Å²) in [6, 6.07) is 4.29. The zero-order valence-corrected chi connectivity index (χ0v) is 10.2. The molecule has 0 fully saturated rings. The Kier molecular flexibility index (Phi) is 3.82. The molecule has 1 N–H and O–H groups in total. The second-order valence-corrected chi connectivity index (χ2v) is 4.08. The lowest BCUT2D eigenvalue weighted by molar-refractivity contribution is 0.531. The molecule has 0 radical (unpaired) electrons. The van der Waals surface area contributed by atoms with Gasteiger partial charge in [-0.05, 0) is 37.6 Å². The van der Waals surface area contributed by atoms with Crippen LogP contribution < -0.4 is 5.32 Å². The molecule has 5 heteroatoms. The number of aromatic nitrogens is 4. The fraction of sp³-hybridized carbons (Fsp3) is 0.417. The van der Waals surface area contributed by atoms with Gasteiger partial charge in [0.05, 0.1) is 6.04 Å². The summed E-state index contributed by atoms with van der Waals surface area (Å²) in [6.45, 7) is 3.01. The van der Waals surface area contributed by atoms with Crippen molar-refractivity contribution < 1.29 is 0 Å². The highest BCUT2D eigenvalue weighted by Gasteiger charge is 2.09. The van der Waals surface area contributed by atoms with E-state index in [4.69, 9.17) is 0 Å². The molecule has 0 aromatic carbocycles. The maximum atomic E-state index is 4.08. The summed E-state index contributed by atoms with van der Waals surface area (Å²) in [4.78, 5) is 4.00. The van der Waals surface area contributed by atoms with Crippen LogP contribution in [-0.2, 0) is 13.5 Å². The topological polar surface area (TPSA) is 55.6 Å². The third-order valence-electron chi connectivity index (χ3n) is 2.75. The Balaban J connectivity index is 1.81. The van der Waals surface area contributed by atoms with Gasteiger partial charge in [-0.25, -0.2) is 0 Å². The Hall–Kier alpha value is -1.75. The predicted molar refractivity (Wildman–Crippen MR) is 65.4 cm³/mol. The van der Waals surface area contributed by atoms with Gasteiger partial charge in [-0.3, -0.25) is 4.98 Å². The smallest absolute Gasteiger partial charge is 0.149 e. The minimum Gasteiger partial charge on any atom is -0.319 e. The van der Waals surface area contributed by atoms with E-state index in [1.807, 2.05) is 36.1 Å². The van der Waals surface area contributed by atoms with Crippen LogP contribution in [-0.4, -0.2) is 26.3 Å². The van der Waals surface area contributed by atoms with Crippen LogP contribution in [0.2, 0.25) is 0 Å². The van der Waals surface area contributed by atoms with E-state index in [0.717, 1.165) is 18.8 Å². The number of nitrogens with one attached hydrogen (secondary N) is 1. The van der Waals surface area contributed by atoms with Gasteiger partial charge in [0.2, 0.25) is 0 Å². The van der Waals surface area contributed by atoms with Gasteiger partial charge < -0.3 is 9.88 Å². The zero-order valence-electron chi connectivity index (χ0n) is 10.2. The summed E-state index contributed by atoms with van der Waals surface area (Å²) in [7, 11) is 1.95. The van der Waals surface area contributed by atoms with E-state index in [1.165, 1.54) is 5.56 Å². The van der Waals surface area contributed by atoms with Crippen LogP contribution in [0.5, 0.6) is 0 Å². The molecule has 2 heterocycles. The number of rotatable bonds is 5. The van der Waals surface area contributed by atoms with Crippen molar-refractivity contribution in [1.82, 2.24) is 25.1 Å². The highest BCUT2D eigenvalue weighted by atomic mass is 15.3. The number of hydrogen-bond donors (Lipinski definition) is 1. The second-order valence-electron chi connectivity index (χ2n) is 4.08. The van der Waals surface area contributed by atoms with Crippen LogP contribution in [0, 0.1) is 0 Å². The molecular formula is C12H17N5. The third-order valence-corrected chi connectivity index (χ3v) is 2.75. The first-order chi connectivity index (χ1) is 8.27. The molecule has 0 saturated heterocycles. The van der Waals surface area contributed by atoms with Crippen molar-refractivity contribution in [3.63, 3.8) is 0 Å². The van der Waals surface area contributed by atoms with Gasteiger partial charge in [0.1, 0.15) is 12.2 Å². The Morgan fingerprint density at radius 1 is 1.35 bits per heavy atom. The second kappa shape index (κ2) is 5.54. The first kappa shape index (κ1) is 11.7. The van der Waals surface area contributed by atoms with Gasteiger partial charge in [-0.1, -0.05) is 0 Å². The quantitative estimate of drug-likeness (QED) is 0.837. The molecule has 0 aliphatic heterocycles. The van der Waals surface area contributed by atoms with Crippen LogP contribution in [0.15, 0.2) is 30.9 Å². The van der Waals surface area contributed by atoms with E-state index < -0.39 is 0 Å². The van der Waals surface area contributed by atoms with Crippen molar-refractivity contribution in [3.8, 4) is 0 Å². The molecule has 1 atom stereocenters. The molecule has 2 rings (SSSR count). The Morgan fingerprint density at radius 3 is 2.76 bits per heavy atom. The molecule has 0 aliphatic carbocycles. The molecule has 0 amide bonds. The lowest BCUT2D eigenvalue weighted by atomic mass is 10.2. The zero-order chi connectivity index (χ0) is 12.1. The fourth-order valence-electron chi connectivity index (χ4n) is 1.76. The summed E-state index contributed by atoms with van der Waals surface area (Å²) in [6.07, 6.45) is 6.35. The van der Waals surface area contributed by atoms with Crippen molar-refractivity contribution in [1.29, 1.82) is 0 Å². The molecule has 2 aromatic heterocycles.